The number of aromatic amines is 1. The number of para-hydroxylation sites is 1. The van der Waals surface area contributed by atoms with Gasteiger partial charge in [0.1, 0.15) is 41.7 Å². The van der Waals surface area contributed by atoms with E-state index in [0.29, 0.717) is 69.5 Å². The Morgan fingerprint density at radius 2 is 1.57 bits per heavy atom. The lowest BCUT2D eigenvalue weighted by Gasteiger charge is -2.63. The number of carbonyl (C=O) groups is 2. The predicted octanol–water partition coefficient (Wildman–Crippen LogP) is -1.51. The molecule has 6 heterocycles. The predicted molar refractivity (Wildman–Crippen MR) is 260 cm³/mol. The molecule has 1 aromatic heterocycles. The van der Waals surface area contributed by atoms with Crippen molar-refractivity contribution in [1.82, 2.24) is 14.8 Å². The van der Waals surface area contributed by atoms with Crippen molar-refractivity contribution >= 4 is 38.9 Å². The number of primary amides is 1. The molecule has 2 bridgehead atoms. The third kappa shape index (κ3) is 8.91. The summed E-state index contributed by atoms with van der Waals surface area (Å²) in [6, 6.07) is 11.0. The van der Waals surface area contributed by atoms with Crippen molar-refractivity contribution in [3.05, 3.63) is 70.9 Å². The van der Waals surface area contributed by atoms with Crippen LogP contribution in [0.4, 0.5) is 5.69 Å². The second-order valence-electron chi connectivity index (χ2n) is 20.4. The first-order chi connectivity index (χ1) is 33.8. The summed E-state index contributed by atoms with van der Waals surface area (Å²) in [5.74, 6) is -1.00. The summed E-state index contributed by atoms with van der Waals surface area (Å²) in [6.07, 6.45) is -0.613. The smallest absolute Gasteiger partial charge is 0.394 e. The van der Waals surface area contributed by atoms with Gasteiger partial charge in [0.2, 0.25) is 0 Å². The van der Waals surface area contributed by atoms with Crippen molar-refractivity contribution in [2.45, 2.75) is 117 Å². The number of ether oxygens (including phenoxy) is 2. The lowest BCUT2D eigenvalue weighted by molar-refractivity contribution is -0.201. The van der Waals surface area contributed by atoms with E-state index in [2.05, 4.69) is 26.9 Å². The highest BCUT2D eigenvalue weighted by Crippen LogP contribution is 2.67. The zero-order chi connectivity index (χ0) is 53.1. The number of nitrogens with two attached hydrogens (primary N) is 1. The van der Waals surface area contributed by atoms with Crippen LogP contribution in [0.5, 0.6) is 5.75 Å². The molecule has 14 atom stereocenters. The van der Waals surface area contributed by atoms with Gasteiger partial charge in [0.05, 0.1) is 39.1 Å². The SMILES string of the molecule is CC[C@]1(O)C[C@H]2CN(CCc3c([nH]c4ccccc34)[C@@](C(=O)OC)(c3cc4c(cc3OC)N(C)[C@H]3[C@@](O)(C(N)=O)[C@H](O)[C@]5(CC)C=CCN6CC[C@]43[C@@H]65)C2)C1.O=S(=O)(O)O.OC[C@@H](O)[C@@H](O)[C@H](O)[C@H](O)CO. The van der Waals surface area contributed by atoms with Crippen molar-refractivity contribution < 1.29 is 82.5 Å². The number of carbonyl (C=O) groups excluding carboxylic acids is 2. The van der Waals surface area contributed by atoms with E-state index in [1.54, 1.807) is 7.11 Å². The first-order valence-corrected chi connectivity index (χ1v) is 25.6. The molecule has 1 spiro atoms. The van der Waals surface area contributed by atoms with E-state index in [9.17, 15) is 20.1 Å². The summed E-state index contributed by atoms with van der Waals surface area (Å²) >= 11 is 0. The number of hydrogen-bond donors (Lipinski definition) is 13. The van der Waals surface area contributed by atoms with Crippen LogP contribution in [0.3, 0.4) is 0 Å². The molecule has 0 radical (unpaired) electrons. The topological polar surface area (TPSA) is 361 Å². The Bertz CT molecular complexity index is 2620. The van der Waals surface area contributed by atoms with Crippen molar-refractivity contribution in [3.63, 3.8) is 0 Å². The molecule has 14 N–H and O–H groups in total. The summed E-state index contributed by atoms with van der Waals surface area (Å²) < 4.78 is 43.8. The van der Waals surface area contributed by atoms with Gasteiger partial charge in [-0.15, -0.1) is 0 Å². The molecular formula is C49H71N5O17S. The number of benzene rings is 2. The Kier molecular flexibility index (Phi) is 15.7. The third-order valence-electron chi connectivity index (χ3n) is 16.7. The van der Waals surface area contributed by atoms with Gasteiger partial charge in [-0.05, 0) is 74.2 Å². The molecule has 2 saturated heterocycles. The highest BCUT2D eigenvalue weighted by Gasteiger charge is 2.78. The number of aromatic nitrogens is 1. The van der Waals surface area contributed by atoms with E-state index in [1.165, 1.54) is 7.11 Å². The first kappa shape index (κ1) is 55.4. The fourth-order valence-corrected chi connectivity index (χ4v) is 13.7. The van der Waals surface area contributed by atoms with E-state index in [4.69, 9.17) is 63.4 Å². The normalized spacial score (nSPS) is 34.2. The van der Waals surface area contributed by atoms with E-state index < -0.39 is 99.5 Å². The minimum absolute atomic E-state index is 0.0790. The zero-order valence-electron chi connectivity index (χ0n) is 41.1. The monoisotopic (exact) mass is 1030 g/mol. The molecular weight excluding hydrogens is 963 g/mol. The van der Waals surface area contributed by atoms with Crippen LogP contribution < -0.4 is 15.4 Å². The highest BCUT2D eigenvalue weighted by atomic mass is 32.3. The second kappa shape index (κ2) is 20.4. The van der Waals surface area contributed by atoms with Gasteiger partial charge in [-0.2, -0.15) is 8.42 Å². The molecule has 9 rings (SSSR count). The number of amides is 1. The number of nitrogens with one attached hydrogen (secondary N) is 1. The van der Waals surface area contributed by atoms with Crippen LogP contribution in [-0.4, -0.2) is 211 Å². The number of esters is 1. The van der Waals surface area contributed by atoms with Gasteiger partial charge in [0.25, 0.3) is 5.91 Å². The Morgan fingerprint density at radius 1 is 0.931 bits per heavy atom. The maximum absolute atomic E-state index is 15.2. The lowest BCUT2D eigenvalue weighted by atomic mass is 9.47. The number of fused-ring (bicyclic) bond motifs is 6. The molecule has 1 saturated carbocycles. The minimum Gasteiger partial charge on any atom is -0.496 e. The van der Waals surface area contributed by atoms with E-state index >= 15 is 4.79 Å². The number of rotatable bonds is 11. The summed E-state index contributed by atoms with van der Waals surface area (Å²) in [4.78, 5) is 39.3. The molecule has 3 aromatic rings. The van der Waals surface area contributed by atoms with Crippen LogP contribution in [0, 0.1) is 11.3 Å². The van der Waals surface area contributed by atoms with Crippen LogP contribution in [0.25, 0.3) is 10.9 Å². The maximum Gasteiger partial charge on any atom is 0.394 e. The number of piperidine rings is 1. The average molecular weight is 1030 g/mol. The quantitative estimate of drug-likeness (QED) is 0.0590. The Hall–Kier alpha value is -4.31. The van der Waals surface area contributed by atoms with E-state index in [-0.39, 0.29) is 12.0 Å². The van der Waals surface area contributed by atoms with Gasteiger partial charge in [-0.3, -0.25) is 28.5 Å². The van der Waals surface area contributed by atoms with Gasteiger partial charge in [0.15, 0.2) is 5.60 Å². The van der Waals surface area contributed by atoms with Crippen molar-refractivity contribution in [1.29, 1.82) is 0 Å². The Morgan fingerprint density at radius 3 is 2.14 bits per heavy atom. The Balaban J connectivity index is 0.000000385. The van der Waals surface area contributed by atoms with Gasteiger partial charge in [-0.25, -0.2) is 0 Å². The standard InChI is InChI=1S/C43H55N5O7.C6H14O6.H2O4S/c1-6-39(52)21-25-22-42(38(51)55-5,33-27(13-17-47(23-25)24-39)26-11-8-9-12-30(26)45-33)29-19-28-31(20-32(29)54-4)46(3)35-41(28)15-18-48-16-10-14-40(7-2,34(41)48)36(49)43(35,53)37(44)50;7-1-3(9)5(11)6(12)4(10)2-8;1-5(2,3)4/h8-12,14,19-20,25,34-36,45,49,52-53H,6-7,13,15-18,21-24H2,1-5H3,(H2,44,50);3-12H,1-2H2;(H2,1,2,3,4)/t25-,34+,35-,36-,39+,40-,41-,42+,43+;3-,4-,5-,6-;/m11./s1. The molecule has 1 unspecified atom stereocenters. The maximum atomic E-state index is 15.2. The number of nitrogens with zero attached hydrogens (tertiary/aromatic N) is 3. The van der Waals surface area contributed by atoms with Crippen LogP contribution in [0.1, 0.15) is 68.3 Å². The molecule has 5 aliphatic heterocycles. The molecule has 23 heteroatoms. The molecule has 2 aromatic carbocycles. The fourth-order valence-electron chi connectivity index (χ4n) is 13.7. The van der Waals surface area contributed by atoms with Crippen molar-refractivity contribution in [2.75, 3.05) is 72.1 Å². The number of hydrogen-bond acceptors (Lipinski definition) is 18. The van der Waals surface area contributed by atoms with Crippen LogP contribution in [0.2, 0.25) is 0 Å². The third-order valence-corrected chi connectivity index (χ3v) is 16.7. The van der Waals surface area contributed by atoms with Gasteiger partial charge < -0.3 is 71.1 Å². The molecule has 22 nitrogen and oxygen atoms in total. The van der Waals surface area contributed by atoms with Gasteiger partial charge in [-0.1, -0.05) is 44.2 Å². The minimum atomic E-state index is -4.67. The number of aliphatic hydroxyl groups excluding tert-OH is 7. The van der Waals surface area contributed by atoms with Crippen molar-refractivity contribution in [3.8, 4) is 5.75 Å². The van der Waals surface area contributed by atoms with Gasteiger partial charge >= 0.3 is 16.4 Å². The van der Waals surface area contributed by atoms with E-state index in [0.717, 1.165) is 46.5 Å². The molecule has 1 amide bonds. The second-order valence-corrected chi connectivity index (χ2v) is 21.3. The number of methoxy groups -OCH3 is 2. The summed E-state index contributed by atoms with van der Waals surface area (Å²) in [6.45, 7) is 5.94. The number of aliphatic hydroxyl groups is 9. The molecule has 3 fully saturated rings. The number of likely N-dealkylation sites (N-methyl/N-ethyl adjacent to an activating group) is 1. The molecule has 1 aliphatic carbocycles. The summed E-state index contributed by atoms with van der Waals surface area (Å²) in [5.41, 5.74) is 4.72. The zero-order valence-corrected chi connectivity index (χ0v) is 41.9. The van der Waals surface area contributed by atoms with Crippen molar-refractivity contribution in [2.24, 2.45) is 17.1 Å². The number of anilines is 1. The molecule has 6 aliphatic rings. The van der Waals surface area contributed by atoms with E-state index in [1.807, 2.05) is 62.2 Å². The first-order valence-electron chi connectivity index (χ1n) is 24.2. The Labute approximate surface area is 417 Å². The molecule has 72 heavy (non-hydrogen) atoms. The molecule has 400 valence electrons. The average Bonchev–Trinajstić information content (AvgIpc) is 4.02. The van der Waals surface area contributed by atoms with Gasteiger partial charge in [0, 0.05) is 84.0 Å². The number of H-pyrrole nitrogens is 1. The lowest BCUT2D eigenvalue weighted by Crippen LogP contribution is -2.81. The summed E-state index contributed by atoms with van der Waals surface area (Å²) in [5, 5.41) is 90.1. The highest BCUT2D eigenvalue weighted by molar-refractivity contribution is 7.79. The van der Waals surface area contributed by atoms with Crippen LogP contribution in [-0.2, 0) is 42.0 Å². The summed E-state index contributed by atoms with van der Waals surface area (Å²) in [7, 11) is 0.225. The fraction of sp³-hybridized carbons (Fsp3) is 0.633. The largest absolute Gasteiger partial charge is 0.496 e. The van der Waals surface area contributed by atoms with Crippen LogP contribution >= 0.6 is 0 Å². The van der Waals surface area contributed by atoms with Crippen LogP contribution in [0.15, 0.2) is 48.6 Å².